The van der Waals surface area contributed by atoms with Crippen LogP contribution in [0.2, 0.25) is 5.02 Å². The Balaban J connectivity index is 1.55. The van der Waals surface area contributed by atoms with E-state index >= 15 is 0 Å². The molecule has 202 valence electrons. The summed E-state index contributed by atoms with van der Waals surface area (Å²) in [6.45, 7) is 2.68. The molecule has 0 bridgehead atoms. The molecule has 0 spiro atoms. The quantitative estimate of drug-likeness (QED) is 0.118. The number of H-pyrrole nitrogens is 1. The fourth-order valence-electron chi connectivity index (χ4n) is 4.45. The van der Waals surface area contributed by atoms with E-state index in [1.54, 1.807) is 37.3 Å². The Morgan fingerprint density at radius 3 is 2.54 bits per heavy atom. The van der Waals surface area contributed by atoms with Gasteiger partial charge < -0.3 is 9.64 Å². The first kappa shape index (κ1) is 28.1. The molecule has 0 fully saturated rings. The number of ether oxygens (including phenoxy) is 1. The Morgan fingerprint density at radius 1 is 1.05 bits per heavy atom. The molecular weight excluding hydrogens is 513 g/mol. The van der Waals surface area contributed by atoms with Crippen molar-refractivity contribution in [2.45, 2.75) is 32.6 Å². The van der Waals surface area contributed by atoms with E-state index in [0.717, 1.165) is 63.8 Å². The van der Waals surface area contributed by atoms with E-state index in [-0.39, 0.29) is 11.7 Å². The van der Waals surface area contributed by atoms with Gasteiger partial charge in [0.15, 0.2) is 0 Å². The summed E-state index contributed by atoms with van der Waals surface area (Å²) >= 11 is 6.52. The van der Waals surface area contributed by atoms with E-state index < -0.39 is 0 Å². The summed E-state index contributed by atoms with van der Waals surface area (Å²) < 4.78 is 19.8. The highest BCUT2D eigenvalue weighted by Crippen LogP contribution is 2.38. The number of carbonyl (C=O) groups excluding carboxylic acids is 1. The van der Waals surface area contributed by atoms with Crippen molar-refractivity contribution in [2.75, 3.05) is 20.7 Å². The fraction of sp³-hybridized carbons (Fsp3) is 0.250. The highest BCUT2D eigenvalue weighted by molar-refractivity contribution is 6.32. The first-order chi connectivity index (χ1) is 18.9. The molecule has 1 aromatic heterocycles. The van der Waals surface area contributed by atoms with Crippen molar-refractivity contribution in [1.29, 1.82) is 0 Å². The molecule has 39 heavy (non-hydrogen) atoms. The molecule has 0 radical (unpaired) electrons. The lowest BCUT2D eigenvalue weighted by Gasteiger charge is -2.18. The van der Waals surface area contributed by atoms with E-state index in [1.165, 1.54) is 12.1 Å². The number of halogens is 2. The molecule has 0 saturated carbocycles. The van der Waals surface area contributed by atoms with E-state index in [4.69, 9.17) is 16.3 Å². The van der Waals surface area contributed by atoms with Gasteiger partial charge in [-0.3, -0.25) is 9.89 Å². The van der Waals surface area contributed by atoms with E-state index in [9.17, 15) is 9.18 Å². The molecule has 7 heteroatoms. The summed E-state index contributed by atoms with van der Waals surface area (Å²) in [5, 5.41) is 8.55. The van der Waals surface area contributed by atoms with Crippen molar-refractivity contribution in [3.8, 4) is 5.75 Å². The van der Waals surface area contributed by atoms with Crippen molar-refractivity contribution in [3.63, 3.8) is 0 Å². The third kappa shape index (κ3) is 7.15. The number of aromatic nitrogens is 2. The molecule has 3 aromatic carbocycles. The largest absolute Gasteiger partial charge is 0.494 e. The Morgan fingerprint density at radius 2 is 1.82 bits per heavy atom. The number of aromatic amines is 1. The van der Waals surface area contributed by atoms with Gasteiger partial charge in [0.05, 0.1) is 23.3 Å². The maximum atomic E-state index is 13.9. The zero-order chi connectivity index (χ0) is 27.8. The van der Waals surface area contributed by atoms with Gasteiger partial charge in [-0.1, -0.05) is 48.9 Å². The maximum absolute atomic E-state index is 13.9. The molecule has 0 saturated heterocycles. The lowest BCUT2D eigenvalue weighted by atomic mass is 9.87. The zero-order valence-corrected chi connectivity index (χ0v) is 23.3. The molecule has 4 aromatic rings. The minimum atomic E-state index is -0.361. The van der Waals surface area contributed by atoms with Crippen LogP contribution in [0.5, 0.6) is 5.75 Å². The van der Waals surface area contributed by atoms with Crippen molar-refractivity contribution in [2.24, 2.45) is 0 Å². The number of nitrogens with zero attached hydrogens (tertiary/aromatic N) is 2. The van der Waals surface area contributed by atoms with Crippen LogP contribution in [-0.2, 0) is 4.79 Å². The van der Waals surface area contributed by atoms with E-state index in [0.29, 0.717) is 18.1 Å². The summed E-state index contributed by atoms with van der Waals surface area (Å²) in [6.07, 6.45) is 8.70. The number of carbonyl (C=O) groups is 1. The number of nitrogens with one attached hydrogen (secondary N) is 1. The van der Waals surface area contributed by atoms with Gasteiger partial charge in [-0.2, -0.15) is 5.10 Å². The van der Waals surface area contributed by atoms with Gasteiger partial charge in [0.25, 0.3) is 0 Å². The summed E-state index contributed by atoms with van der Waals surface area (Å²) in [7, 11) is 3.48. The minimum absolute atomic E-state index is 0.00243. The highest BCUT2D eigenvalue weighted by Gasteiger charge is 2.16. The van der Waals surface area contributed by atoms with Gasteiger partial charge in [0, 0.05) is 19.5 Å². The topological polar surface area (TPSA) is 58.2 Å². The van der Waals surface area contributed by atoms with Gasteiger partial charge in [0.2, 0.25) is 5.91 Å². The average molecular weight is 546 g/mol. The fourth-order valence-corrected chi connectivity index (χ4v) is 4.74. The Kier molecular flexibility index (Phi) is 9.55. The van der Waals surface area contributed by atoms with Gasteiger partial charge in [-0.25, -0.2) is 4.39 Å². The van der Waals surface area contributed by atoms with Crippen LogP contribution >= 0.6 is 11.6 Å². The molecule has 0 aliphatic rings. The predicted octanol–water partition coefficient (Wildman–Crippen LogP) is 7.92. The number of hydrogen-bond acceptors (Lipinski definition) is 3. The van der Waals surface area contributed by atoms with E-state index in [2.05, 4.69) is 29.3 Å². The molecule has 0 unspecified atom stereocenters. The number of fused-ring (bicyclic) bond motifs is 1. The molecule has 1 amide bonds. The van der Waals surface area contributed by atoms with Crippen LogP contribution in [0.3, 0.4) is 0 Å². The van der Waals surface area contributed by atoms with Crippen molar-refractivity contribution < 1.29 is 13.9 Å². The second-order valence-electron chi connectivity index (χ2n) is 9.51. The first-order valence-corrected chi connectivity index (χ1v) is 13.5. The van der Waals surface area contributed by atoms with Crippen LogP contribution in [0.1, 0.15) is 49.3 Å². The number of allylic oxidation sites excluding steroid dienone is 2. The van der Waals surface area contributed by atoms with Crippen LogP contribution < -0.4 is 4.74 Å². The molecule has 1 heterocycles. The summed E-state index contributed by atoms with van der Waals surface area (Å²) in [4.78, 5) is 13.1. The minimum Gasteiger partial charge on any atom is -0.494 e. The average Bonchev–Trinajstić information content (AvgIpc) is 3.40. The standard InChI is InChI=1S/C32H33ClFN3O2/c1-4-27(28-16-13-25(34)20-29(28)33)32(23-12-17-30-24(19-23)21-35-36-30)22-10-14-26(15-11-22)39-18-8-6-5-7-9-31(38)37(2)3/h7,9-17,19-21H,4-6,8,18H2,1-3H3,(H,35,36)/b9-7+,32-27+. The number of rotatable bonds is 11. The third-order valence-electron chi connectivity index (χ3n) is 6.52. The van der Waals surface area contributed by atoms with Crippen molar-refractivity contribution in [3.05, 3.63) is 107 Å². The van der Waals surface area contributed by atoms with Gasteiger partial charge in [0.1, 0.15) is 11.6 Å². The lowest BCUT2D eigenvalue weighted by Crippen LogP contribution is -2.18. The monoisotopic (exact) mass is 545 g/mol. The van der Waals surface area contributed by atoms with Crippen LogP contribution in [-0.4, -0.2) is 41.7 Å². The normalized spacial score (nSPS) is 12.1. The molecule has 4 rings (SSSR count). The molecular formula is C32H33ClFN3O2. The highest BCUT2D eigenvalue weighted by atomic mass is 35.5. The van der Waals surface area contributed by atoms with Crippen LogP contribution in [0.25, 0.3) is 22.0 Å². The lowest BCUT2D eigenvalue weighted by molar-refractivity contribution is -0.123. The summed E-state index contributed by atoms with van der Waals surface area (Å²) in [6, 6.07) is 18.8. The van der Waals surface area contributed by atoms with Gasteiger partial charge >= 0.3 is 0 Å². The Hall–Kier alpha value is -3.90. The Bertz CT molecular complexity index is 1490. The summed E-state index contributed by atoms with van der Waals surface area (Å²) in [5.41, 5.74) is 5.86. The molecule has 5 nitrogen and oxygen atoms in total. The zero-order valence-electron chi connectivity index (χ0n) is 22.5. The number of benzene rings is 3. The molecule has 0 aliphatic heterocycles. The number of amides is 1. The van der Waals surface area contributed by atoms with Gasteiger partial charge in [-0.15, -0.1) is 0 Å². The SMILES string of the molecule is CC/C(=C(/c1ccc(OCCCC/C=C/C(=O)N(C)C)cc1)c1ccc2[nH]ncc2c1)c1ccc(F)cc1Cl. The molecule has 0 aliphatic carbocycles. The second-order valence-corrected chi connectivity index (χ2v) is 9.91. The third-order valence-corrected chi connectivity index (χ3v) is 6.83. The predicted molar refractivity (Wildman–Crippen MR) is 157 cm³/mol. The van der Waals surface area contributed by atoms with Crippen molar-refractivity contribution >= 4 is 39.6 Å². The second kappa shape index (κ2) is 13.3. The summed E-state index contributed by atoms with van der Waals surface area (Å²) in [5.74, 6) is 0.428. The molecule has 1 N–H and O–H groups in total. The number of unbranched alkanes of at least 4 members (excludes halogenated alkanes) is 2. The van der Waals surface area contributed by atoms with Crippen LogP contribution in [0.15, 0.2) is 79.0 Å². The van der Waals surface area contributed by atoms with Crippen LogP contribution in [0.4, 0.5) is 4.39 Å². The number of likely N-dealkylation sites (N-methyl/N-ethyl adjacent to an activating group) is 1. The van der Waals surface area contributed by atoms with Gasteiger partial charge in [-0.05, 0) is 96.0 Å². The molecule has 0 atom stereocenters. The maximum Gasteiger partial charge on any atom is 0.245 e. The smallest absolute Gasteiger partial charge is 0.245 e. The Labute approximate surface area is 233 Å². The van der Waals surface area contributed by atoms with Crippen LogP contribution in [0, 0.1) is 5.82 Å². The first-order valence-electron chi connectivity index (χ1n) is 13.1. The number of hydrogen-bond donors (Lipinski definition) is 1. The van der Waals surface area contributed by atoms with Crippen molar-refractivity contribution in [1.82, 2.24) is 15.1 Å². The van der Waals surface area contributed by atoms with E-state index in [1.807, 2.05) is 36.4 Å².